The molecule has 0 aliphatic carbocycles. The van der Waals surface area contributed by atoms with Crippen molar-refractivity contribution in [1.82, 2.24) is 15.1 Å². The second-order valence-corrected chi connectivity index (χ2v) is 4.79. The van der Waals surface area contributed by atoms with Crippen molar-refractivity contribution < 1.29 is 4.79 Å². The maximum atomic E-state index is 11.7. The van der Waals surface area contributed by atoms with Crippen molar-refractivity contribution in [3.8, 4) is 0 Å². The molecule has 1 amide bonds. The number of nitrogens with zero attached hydrogens (tertiary/aromatic N) is 2. The van der Waals surface area contributed by atoms with Gasteiger partial charge in [-0.2, -0.15) is 5.10 Å². The number of amides is 1. The van der Waals surface area contributed by atoms with Crippen LogP contribution in [0, 0.1) is 0 Å². The fourth-order valence-corrected chi connectivity index (χ4v) is 1.91. The molecule has 0 unspecified atom stereocenters. The molecule has 0 atom stereocenters. The summed E-state index contributed by atoms with van der Waals surface area (Å²) in [5.74, 6) is -0.199. The summed E-state index contributed by atoms with van der Waals surface area (Å²) < 4.78 is 1.13. The molecule has 0 aliphatic rings. The number of carbonyl (C=O) groups is 1. The number of aromatic nitrogens is 2. The second kappa shape index (κ2) is 6.90. The van der Waals surface area contributed by atoms with E-state index in [-0.39, 0.29) is 17.5 Å². The molecule has 0 aliphatic heterocycles. The van der Waals surface area contributed by atoms with Crippen LogP contribution in [-0.2, 0) is 18.4 Å². The van der Waals surface area contributed by atoms with Crippen LogP contribution in [0.5, 0.6) is 0 Å². The Morgan fingerprint density at radius 3 is 2.76 bits per heavy atom. The predicted octanol–water partition coefficient (Wildman–Crippen LogP) is 1.16. The van der Waals surface area contributed by atoms with Crippen molar-refractivity contribution in [1.29, 1.82) is 0 Å². The van der Waals surface area contributed by atoms with E-state index < -0.39 is 5.56 Å². The molecule has 7 heteroatoms. The third-order valence-electron chi connectivity index (χ3n) is 2.85. The predicted molar refractivity (Wildman–Crippen MR) is 81.3 cm³/mol. The van der Waals surface area contributed by atoms with E-state index in [9.17, 15) is 9.59 Å². The van der Waals surface area contributed by atoms with Crippen molar-refractivity contribution >= 4 is 23.2 Å². The van der Waals surface area contributed by atoms with Crippen molar-refractivity contribution in [2.75, 3.05) is 11.9 Å². The molecule has 110 valence electrons. The van der Waals surface area contributed by atoms with E-state index in [1.165, 1.54) is 13.2 Å². The van der Waals surface area contributed by atoms with E-state index >= 15 is 0 Å². The summed E-state index contributed by atoms with van der Waals surface area (Å²) in [6, 6.07) is 9.58. The zero-order valence-electron chi connectivity index (χ0n) is 11.5. The van der Waals surface area contributed by atoms with Gasteiger partial charge in [-0.25, -0.2) is 4.68 Å². The maximum Gasteiger partial charge on any atom is 0.287 e. The minimum absolute atomic E-state index is 0.0153. The molecule has 1 heterocycles. The molecule has 1 aromatic heterocycles. The Balaban J connectivity index is 1.87. The van der Waals surface area contributed by atoms with Gasteiger partial charge in [0.2, 0.25) is 5.91 Å². The molecule has 21 heavy (non-hydrogen) atoms. The Labute approximate surface area is 126 Å². The summed E-state index contributed by atoms with van der Waals surface area (Å²) >= 11 is 5.89. The summed E-state index contributed by atoms with van der Waals surface area (Å²) in [5.41, 5.74) is 0.945. The van der Waals surface area contributed by atoms with E-state index in [0.717, 1.165) is 10.2 Å². The number of aryl methyl sites for hydroxylation is 1. The lowest BCUT2D eigenvalue weighted by atomic mass is 10.2. The molecular formula is C14H15ClN4O2. The smallest absolute Gasteiger partial charge is 0.287 e. The van der Waals surface area contributed by atoms with Gasteiger partial charge in [0.05, 0.1) is 18.4 Å². The van der Waals surface area contributed by atoms with Gasteiger partial charge in [0, 0.05) is 13.6 Å². The summed E-state index contributed by atoms with van der Waals surface area (Å²) in [4.78, 5) is 23.3. The average molecular weight is 307 g/mol. The van der Waals surface area contributed by atoms with E-state index in [4.69, 9.17) is 11.6 Å². The molecule has 2 rings (SSSR count). The van der Waals surface area contributed by atoms with Crippen LogP contribution in [-0.4, -0.2) is 22.2 Å². The number of anilines is 1. The summed E-state index contributed by atoms with van der Waals surface area (Å²) in [6.45, 7) is 0.464. The second-order valence-electron chi connectivity index (χ2n) is 4.42. The van der Waals surface area contributed by atoms with Gasteiger partial charge in [0.1, 0.15) is 5.02 Å². The molecule has 0 spiro atoms. The molecule has 2 N–H and O–H groups in total. The number of hydrogen-bond donors (Lipinski definition) is 2. The molecule has 0 radical (unpaired) electrons. The van der Waals surface area contributed by atoms with E-state index in [2.05, 4.69) is 15.7 Å². The first-order valence-corrected chi connectivity index (χ1v) is 6.72. The molecule has 0 saturated carbocycles. The van der Waals surface area contributed by atoms with Gasteiger partial charge in [0.15, 0.2) is 0 Å². The van der Waals surface area contributed by atoms with E-state index in [1.807, 2.05) is 30.3 Å². The first kappa shape index (κ1) is 15.1. The van der Waals surface area contributed by atoms with Crippen LogP contribution in [0.4, 0.5) is 5.69 Å². The van der Waals surface area contributed by atoms with Crippen LogP contribution >= 0.6 is 11.6 Å². The summed E-state index contributed by atoms with van der Waals surface area (Å²) in [5, 5.41) is 9.42. The number of halogens is 1. The van der Waals surface area contributed by atoms with Crippen LogP contribution in [0.15, 0.2) is 41.3 Å². The Hall–Kier alpha value is -2.34. The molecule has 0 fully saturated rings. The monoisotopic (exact) mass is 306 g/mol. The highest BCUT2D eigenvalue weighted by molar-refractivity contribution is 6.33. The fourth-order valence-electron chi connectivity index (χ4n) is 1.67. The van der Waals surface area contributed by atoms with Gasteiger partial charge in [-0.05, 0) is 5.56 Å². The van der Waals surface area contributed by atoms with Crippen molar-refractivity contribution in [3.05, 3.63) is 57.5 Å². The largest absolute Gasteiger partial charge is 0.373 e. The van der Waals surface area contributed by atoms with E-state index in [0.29, 0.717) is 12.2 Å². The van der Waals surface area contributed by atoms with Crippen molar-refractivity contribution in [3.63, 3.8) is 0 Å². The summed E-state index contributed by atoms with van der Waals surface area (Å²) in [7, 11) is 1.50. The van der Waals surface area contributed by atoms with Crippen LogP contribution in [0.3, 0.4) is 0 Å². The Kier molecular flexibility index (Phi) is 4.94. The third-order valence-corrected chi connectivity index (χ3v) is 3.22. The number of nitrogens with one attached hydrogen (secondary N) is 2. The van der Waals surface area contributed by atoms with Gasteiger partial charge in [-0.1, -0.05) is 41.9 Å². The first-order valence-electron chi connectivity index (χ1n) is 6.34. The third kappa shape index (κ3) is 4.06. The molecule has 0 saturated heterocycles. The van der Waals surface area contributed by atoms with Crippen LogP contribution in [0.2, 0.25) is 5.02 Å². The lowest BCUT2D eigenvalue weighted by molar-refractivity contribution is -0.119. The van der Waals surface area contributed by atoms with Crippen LogP contribution in [0.25, 0.3) is 0 Å². The minimum atomic E-state index is -0.411. The lowest BCUT2D eigenvalue weighted by Gasteiger charge is -2.09. The quantitative estimate of drug-likeness (QED) is 0.869. The number of rotatable bonds is 5. The molecule has 6 nitrogen and oxygen atoms in total. The van der Waals surface area contributed by atoms with Gasteiger partial charge in [-0.15, -0.1) is 0 Å². The molecule has 1 aromatic carbocycles. The highest BCUT2D eigenvalue weighted by Gasteiger charge is 2.08. The van der Waals surface area contributed by atoms with E-state index in [1.54, 1.807) is 0 Å². The van der Waals surface area contributed by atoms with Gasteiger partial charge >= 0.3 is 0 Å². The Morgan fingerprint density at radius 1 is 1.33 bits per heavy atom. The maximum absolute atomic E-state index is 11.7. The number of hydrogen-bond acceptors (Lipinski definition) is 4. The van der Waals surface area contributed by atoms with Gasteiger partial charge < -0.3 is 10.6 Å². The van der Waals surface area contributed by atoms with Crippen molar-refractivity contribution in [2.45, 2.75) is 6.54 Å². The lowest BCUT2D eigenvalue weighted by Crippen LogP contribution is -2.30. The standard InChI is InChI=1S/C14H15ClN4O2/c1-19-14(21)13(15)11(8-18-19)16-9-12(20)17-7-10-5-3-2-4-6-10/h2-6,8,16H,7,9H2,1H3,(H,17,20). The first-order chi connectivity index (χ1) is 10.1. The topological polar surface area (TPSA) is 76.0 Å². The van der Waals surface area contributed by atoms with Crippen molar-refractivity contribution in [2.24, 2.45) is 7.05 Å². The number of benzene rings is 1. The Bertz CT molecular complexity index is 685. The zero-order chi connectivity index (χ0) is 15.2. The molecule has 0 bridgehead atoms. The number of carbonyl (C=O) groups excluding carboxylic acids is 1. The van der Waals surface area contributed by atoms with Gasteiger partial charge in [-0.3, -0.25) is 9.59 Å². The highest BCUT2D eigenvalue weighted by atomic mass is 35.5. The highest BCUT2D eigenvalue weighted by Crippen LogP contribution is 2.14. The zero-order valence-corrected chi connectivity index (χ0v) is 12.2. The molecule has 2 aromatic rings. The van der Waals surface area contributed by atoms with Crippen LogP contribution < -0.4 is 16.2 Å². The summed E-state index contributed by atoms with van der Waals surface area (Å²) in [6.07, 6.45) is 1.41. The minimum Gasteiger partial charge on any atom is -0.373 e. The normalized spacial score (nSPS) is 10.2. The average Bonchev–Trinajstić information content (AvgIpc) is 2.51. The van der Waals surface area contributed by atoms with Gasteiger partial charge in [0.25, 0.3) is 5.56 Å². The molecular weight excluding hydrogens is 292 g/mol. The van der Waals surface area contributed by atoms with Crippen LogP contribution in [0.1, 0.15) is 5.56 Å². The SMILES string of the molecule is Cn1ncc(NCC(=O)NCc2ccccc2)c(Cl)c1=O. The Morgan fingerprint density at radius 2 is 2.05 bits per heavy atom. The fraction of sp³-hybridized carbons (Fsp3) is 0.214.